The van der Waals surface area contributed by atoms with Crippen LogP contribution in [0.5, 0.6) is 0 Å². The summed E-state index contributed by atoms with van der Waals surface area (Å²) < 4.78 is 13.2. The number of nitrogens with one attached hydrogen (secondary N) is 2. The van der Waals surface area contributed by atoms with E-state index in [0.29, 0.717) is 27.8 Å². The predicted octanol–water partition coefficient (Wildman–Crippen LogP) is 3.35. The molecule has 0 aliphatic carbocycles. The van der Waals surface area contributed by atoms with Crippen molar-refractivity contribution >= 4 is 17.3 Å². The lowest BCUT2D eigenvalue weighted by Crippen LogP contribution is -2.23. The average Bonchev–Trinajstić information content (AvgIpc) is 2.32. The summed E-state index contributed by atoms with van der Waals surface area (Å²) in [6.45, 7) is 5.29. The fourth-order valence-electron chi connectivity index (χ4n) is 2.16. The smallest absolute Gasteiger partial charge is 0.256 e. The molecule has 2 aromatic rings. The van der Waals surface area contributed by atoms with E-state index < -0.39 is 5.82 Å². The highest BCUT2D eigenvalue weighted by atomic mass is 35.5. The van der Waals surface area contributed by atoms with Crippen molar-refractivity contribution in [2.45, 2.75) is 26.8 Å². The molecule has 1 atom stereocenters. The number of halogens is 2. The van der Waals surface area contributed by atoms with Crippen LogP contribution in [0.25, 0.3) is 0 Å². The molecule has 1 aromatic heterocycles. The van der Waals surface area contributed by atoms with Gasteiger partial charge in [-0.3, -0.25) is 4.79 Å². The second-order valence-corrected chi connectivity index (χ2v) is 5.05. The Bertz CT molecular complexity index is 699. The molecule has 0 saturated carbocycles. The lowest BCUT2D eigenvalue weighted by Gasteiger charge is -2.17. The summed E-state index contributed by atoms with van der Waals surface area (Å²) in [5, 5.41) is 3.43. The number of hydrogen-bond donors (Lipinski definition) is 2. The van der Waals surface area contributed by atoms with E-state index in [4.69, 9.17) is 11.6 Å². The molecule has 0 bridgehead atoms. The van der Waals surface area contributed by atoms with E-state index in [1.165, 1.54) is 18.2 Å². The zero-order valence-corrected chi connectivity index (χ0v) is 12.2. The molecule has 0 radical (unpaired) electrons. The van der Waals surface area contributed by atoms with E-state index in [9.17, 15) is 9.18 Å². The topological polar surface area (TPSA) is 57.8 Å². The van der Waals surface area contributed by atoms with Crippen molar-refractivity contribution in [3.05, 3.63) is 56.5 Å². The molecular weight excluding hydrogens is 281 g/mol. The van der Waals surface area contributed by atoms with Gasteiger partial charge in [-0.2, -0.15) is 0 Å². The first kappa shape index (κ1) is 14.5. The van der Waals surface area contributed by atoms with Crippen LogP contribution in [0.4, 0.5) is 10.1 Å². The molecule has 1 aromatic carbocycles. The van der Waals surface area contributed by atoms with Gasteiger partial charge in [0.2, 0.25) is 0 Å². The molecule has 2 N–H and O–H groups in total. The summed E-state index contributed by atoms with van der Waals surface area (Å²) in [6, 6.07) is 3.70. The quantitative estimate of drug-likeness (QED) is 0.913. The van der Waals surface area contributed by atoms with Crippen molar-refractivity contribution in [2.75, 3.05) is 5.32 Å². The van der Waals surface area contributed by atoms with Crippen LogP contribution in [0, 0.1) is 19.7 Å². The molecule has 6 heteroatoms. The van der Waals surface area contributed by atoms with Crippen LogP contribution in [0.2, 0.25) is 5.02 Å². The Labute approximate surface area is 121 Å². The van der Waals surface area contributed by atoms with Crippen LogP contribution < -0.4 is 10.9 Å². The summed E-state index contributed by atoms with van der Waals surface area (Å²) in [5.74, 6) is 0.170. The molecule has 2 rings (SSSR count). The zero-order chi connectivity index (χ0) is 14.9. The van der Waals surface area contributed by atoms with Gasteiger partial charge in [0.1, 0.15) is 11.6 Å². The Morgan fingerprint density at radius 2 is 2.10 bits per heavy atom. The molecule has 4 nitrogen and oxygen atoms in total. The summed E-state index contributed by atoms with van der Waals surface area (Å²) in [7, 11) is 0. The van der Waals surface area contributed by atoms with Gasteiger partial charge in [-0.05, 0) is 39.0 Å². The minimum absolute atomic E-state index is 0.206. The van der Waals surface area contributed by atoms with Gasteiger partial charge in [0, 0.05) is 0 Å². The van der Waals surface area contributed by atoms with Crippen molar-refractivity contribution in [1.29, 1.82) is 0 Å². The second-order valence-electron chi connectivity index (χ2n) is 4.64. The van der Waals surface area contributed by atoms with Crippen LogP contribution in [-0.2, 0) is 0 Å². The summed E-state index contributed by atoms with van der Waals surface area (Å²) in [5.41, 5.74) is 1.38. The molecule has 0 fully saturated rings. The highest BCUT2D eigenvalue weighted by molar-refractivity contribution is 6.33. The Morgan fingerprint density at radius 3 is 2.75 bits per heavy atom. The van der Waals surface area contributed by atoms with Crippen LogP contribution in [0.3, 0.4) is 0 Å². The van der Waals surface area contributed by atoms with Gasteiger partial charge in [0.25, 0.3) is 5.56 Å². The number of H-pyrrole nitrogens is 1. The highest BCUT2D eigenvalue weighted by Crippen LogP contribution is 2.26. The van der Waals surface area contributed by atoms with Gasteiger partial charge in [-0.25, -0.2) is 9.37 Å². The third kappa shape index (κ3) is 2.99. The van der Waals surface area contributed by atoms with E-state index in [1.54, 1.807) is 20.8 Å². The highest BCUT2D eigenvalue weighted by Gasteiger charge is 2.15. The van der Waals surface area contributed by atoms with Gasteiger partial charge in [-0.1, -0.05) is 11.6 Å². The number of aromatic amines is 1. The molecule has 1 heterocycles. The first-order valence-electron chi connectivity index (χ1n) is 6.17. The number of hydrogen-bond acceptors (Lipinski definition) is 3. The largest absolute Gasteiger partial charge is 0.377 e. The Morgan fingerprint density at radius 1 is 1.40 bits per heavy atom. The minimum Gasteiger partial charge on any atom is -0.377 e. The number of rotatable bonds is 3. The first-order valence-corrected chi connectivity index (χ1v) is 6.55. The van der Waals surface area contributed by atoms with Crippen molar-refractivity contribution in [3.8, 4) is 0 Å². The van der Waals surface area contributed by atoms with E-state index in [-0.39, 0.29) is 11.6 Å². The summed E-state index contributed by atoms with van der Waals surface area (Å²) in [4.78, 5) is 18.9. The number of aryl methyl sites for hydroxylation is 2. The maximum absolute atomic E-state index is 13.2. The van der Waals surface area contributed by atoms with Crippen LogP contribution in [0.1, 0.15) is 30.0 Å². The third-order valence-electron chi connectivity index (χ3n) is 3.00. The molecule has 1 unspecified atom stereocenters. The molecule has 0 aliphatic heterocycles. The molecule has 0 amide bonds. The first-order chi connectivity index (χ1) is 9.38. The van der Waals surface area contributed by atoms with Gasteiger partial charge in [-0.15, -0.1) is 0 Å². The van der Waals surface area contributed by atoms with E-state index in [2.05, 4.69) is 15.3 Å². The summed E-state index contributed by atoms with van der Waals surface area (Å²) in [6.07, 6.45) is 0. The maximum Gasteiger partial charge on any atom is 0.256 e. The lowest BCUT2D eigenvalue weighted by molar-refractivity contribution is 0.628. The van der Waals surface area contributed by atoms with Crippen LogP contribution >= 0.6 is 11.6 Å². The standard InChI is InChI=1S/C14H15ClFN3O/c1-7-13(14(20)19-9(3)17-7)8(2)18-12-6-10(16)4-5-11(12)15/h4-6,8,18H,1-3H3,(H,17,19,20). The Balaban J connectivity index is 2.36. The molecule has 0 spiro atoms. The van der Waals surface area contributed by atoms with E-state index in [0.717, 1.165) is 0 Å². The van der Waals surface area contributed by atoms with Crippen molar-refractivity contribution in [1.82, 2.24) is 9.97 Å². The molecule has 0 aliphatic rings. The SMILES string of the molecule is Cc1nc(C)c(C(C)Nc2cc(F)ccc2Cl)c(=O)[nH]1. The van der Waals surface area contributed by atoms with E-state index >= 15 is 0 Å². The monoisotopic (exact) mass is 295 g/mol. The second kappa shape index (κ2) is 5.63. The minimum atomic E-state index is -0.392. The number of aromatic nitrogens is 2. The van der Waals surface area contributed by atoms with E-state index in [1.807, 2.05) is 0 Å². The third-order valence-corrected chi connectivity index (χ3v) is 3.33. The number of benzene rings is 1. The zero-order valence-electron chi connectivity index (χ0n) is 11.4. The molecule has 0 saturated heterocycles. The van der Waals surface area contributed by atoms with Gasteiger partial charge < -0.3 is 10.3 Å². The fourth-order valence-corrected chi connectivity index (χ4v) is 2.33. The molecule has 106 valence electrons. The van der Waals surface area contributed by atoms with Crippen LogP contribution in [0.15, 0.2) is 23.0 Å². The maximum atomic E-state index is 13.2. The Kier molecular flexibility index (Phi) is 4.09. The van der Waals surface area contributed by atoms with Crippen molar-refractivity contribution < 1.29 is 4.39 Å². The predicted molar refractivity (Wildman–Crippen MR) is 77.8 cm³/mol. The fraction of sp³-hybridized carbons (Fsp3) is 0.286. The summed E-state index contributed by atoms with van der Waals surface area (Å²) >= 11 is 6.00. The molecular formula is C14H15ClFN3O. The van der Waals surface area contributed by atoms with Gasteiger partial charge >= 0.3 is 0 Å². The average molecular weight is 296 g/mol. The van der Waals surface area contributed by atoms with Gasteiger partial charge in [0.15, 0.2) is 0 Å². The number of anilines is 1. The Hall–Kier alpha value is -1.88. The van der Waals surface area contributed by atoms with Gasteiger partial charge in [0.05, 0.1) is 28.0 Å². The number of nitrogens with zero attached hydrogens (tertiary/aromatic N) is 1. The molecule has 20 heavy (non-hydrogen) atoms. The lowest BCUT2D eigenvalue weighted by atomic mass is 10.1. The van der Waals surface area contributed by atoms with Crippen molar-refractivity contribution in [3.63, 3.8) is 0 Å². The van der Waals surface area contributed by atoms with Crippen LogP contribution in [-0.4, -0.2) is 9.97 Å². The normalized spacial score (nSPS) is 12.2. The van der Waals surface area contributed by atoms with Crippen molar-refractivity contribution in [2.24, 2.45) is 0 Å².